The third-order valence-electron chi connectivity index (χ3n) is 2.04. The molecule has 0 saturated carbocycles. The molecule has 0 fully saturated rings. The highest BCUT2D eigenvalue weighted by atomic mass is 79.9. The van der Waals surface area contributed by atoms with Crippen LogP contribution in [0.25, 0.3) is 0 Å². The zero-order chi connectivity index (χ0) is 13.8. The normalized spacial score (nSPS) is 10.3. The summed E-state index contributed by atoms with van der Waals surface area (Å²) in [5, 5.41) is 2.90. The van der Waals surface area contributed by atoms with Gasteiger partial charge in [-0.15, -0.1) is 0 Å². The Labute approximate surface area is 122 Å². The number of ether oxygens (including phenoxy) is 1. The van der Waals surface area contributed by atoms with Gasteiger partial charge in [0, 0.05) is 5.69 Å². The number of benzene rings is 1. The van der Waals surface area contributed by atoms with Crippen molar-refractivity contribution in [2.75, 3.05) is 11.9 Å². The van der Waals surface area contributed by atoms with E-state index in [0.29, 0.717) is 16.8 Å². The van der Waals surface area contributed by atoms with Crippen LogP contribution < -0.4 is 10.1 Å². The predicted octanol–water partition coefficient (Wildman–Crippen LogP) is 3.57. The number of anilines is 2. The summed E-state index contributed by atoms with van der Waals surface area (Å²) in [5.74, 6) is -0.129. The Morgan fingerprint density at radius 1 is 1.37 bits per heavy atom. The molecule has 0 spiro atoms. The number of hydrogen-bond acceptors (Lipinski definition) is 5. The Bertz CT molecular complexity index is 599. The predicted molar refractivity (Wildman–Crippen MR) is 73.4 cm³/mol. The maximum Gasteiger partial charge on any atom is 0.322 e. The third kappa shape index (κ3) is 3.74. The standard InChI is InChI=1S/C11H9BrClFN4O/c1-2-19-11-17-9(13)16-10(18-11)15-6-3-4-8(14)7(12)5-6/h3-5H,2H2,1H3,(H,15,16,17,18). The Balaban J connectivity index is 2.24. The van der Waals surface area contributed by atoms with Gasteiger partial charge in [0.15, 0.2) is 0 Å². The van der Waals surface area contributed by atoms with E-state index < -0.39 is 0 Å². The van der Waals surface area contributed by atoms with Crippen LogP contribution in [0, 0.1) is 5.82 Å². The molecule has 8 heteroatoms. The number of rotatable bonds is 4. The zero-order valence-electron chi connectivity index (χ0n) is 9.82. The molecule has 0 radical (unpaired) electrons. The van der Waals surface area contributed by atoms with Crippen molar-refractivity contribution in [2.24, 2.45) is 0 Å². The van der Waals surface area contributed by atoms with Crippen LogP contribution >= 0.6 is 27.5 Å². The Kier molecular flexibility index (Phi) is 4.49. The SMILES string of the molecule is CCOc1nc(Cl)nc(Nc2ccc(F)c(Br)c2)n1. The first kappa shape index (κ1) is 14.0. The summed E-state index contributed by atoms with van der Waals surface area (Å²) in [5.41, 5.74) is 0.609. The molecule has 1 N–H and O–H groups in total. The zero-order valence-corrected chi connectivity index (χ0v) is 12.2. The topological polar surface area (TPSA) is 59.9 Å². The summed E-state index contributed by atoms with van der Waals surface area (Å²) >= 11 is 8.85. The first-order chi connectivity index (χ1) is 9.08. The van der Waals surface area contributed by atoms with Gasteiger partial charge in [0.25, 0.3) is 0 Å². The van der Waals surface area contributed by atoms with E-state index in [-0.39, 0.29) is 23.1 Å². The van der Waals surface area contributed by atoms with E-state index in [9.17, 15) is 4.39 Å². The highest BCUT2D eigenvalue weighted by Gasteiger charge is 2.07. The van der Waals surface area contributed by atoms with Crippen molar-refractivity contribution in [3.63, 3.8) is 0 Å². The number of nitrogens with one attached hydrogen (secondary N) is 1. The van der Waals surface area contributed by atoms with Crippen LogP contribution in [-0.2, 0) is 0 Å². The van der Waals surface area contributed by atoms with Crippen molar-refractivity contribution in [1.82, 2.24) is 15.0 Å². The monoisotopic (exact) mass is 346 g/mol. The Morgan fingerprint density at radius 2 is 2.16 bits per heavy atom. The summed E-state index contributed by atoms with van der Waals surface area (Å²) in [7, 11) is 0. The first-order valence-corrected chi connectivity index (χ1v) is 6.52. The van der Waals surface area contributed by atoms with Crippen molar-refractivity contribution in [3.8, 4) is 6.01 Å². The van der Waals surface area contributed by atoms with Crippen LogP contribution in [0.15, 0.2) is 22.7 Å². The highest BCUT2D eigenvalue weighted by molar-refractivity contribution is 9.10. The number of halogens is 3. The minimum Gasteiger partial charge on any atom is -0.464 e. The molecule has 0 amide bonds. The minimum absolute atomic E-state index is 0.0159. The Morgan fingerprint density at radius 3 is 2.84 bits per heavy atom. The molecule has 0 bridgehead atoms. The molecule has 1 aromatic carbocycles. The Hall–Kier alpha value is -1.47. The van der Waals surface area contributed by atoms with E-state index in [4.69, 9.17) is 16.3 Å². The molecule has 1 heterocycles. The third-order valence-corrected chi connectivity index (χ3v) is 2.81. The van der Waals surface area contributed by atoms with Crippen molar-refractivity contribution in [1.29, 1.82) is 0 Å². The van der Waals surface area contributed by atoms with Crippen molar-refractivity contribution in [2.45, 2.75) is 6.92 Å². The van der Waals surface area contributed by atoms with E-state index in [1.807, 2.05) is 6.92 Å². The molecule has 2 aromatic rings. The largest absolute Gasteiger partial charge is 0.464 e. The molecule has 0 aliphatic rings. The smallest absolute Gasteiger partial charge is 0.322 e. The lowest BCUT2D eigenvalue weighted by atomic mass is 10.3. The van der Waals surface area contributed by atoms with Crippen molar-refractivity contribution < 1.29 is 9.13 Å². The fourth-order valence-corrected chi connectivity index (χ4v) is 1.82. The second-order valence-corrected chi connectivity index (χ2v) is 4.59. The van der Waals surface area contributed by atoms with Gasteiger partial charge in [0.1, 0.15) is 5.82 Å². The lowest BCUT2D eigenvalue weighted by Gasteiger charge is -2.07. The van der Waals surface area contributed by atoms with E-state index in [1.54, 1.807) is 12.1 Å². The lowest BCUT2D eigenvalue weighted by Crippen LogP contribution is -2.03. The average Bonchev–Trinajstić information content (AvgIpc) is 2.33. The molecule has 19 heavy (non-hydrogen) atoms. The summed E-state index contributed by atoms with van der Waals surface area (Å²) in [6.07, 6.45) is 0. The molecule has 0 saturated heterocycles. The van der Waals surface area contributed by atoms with Gasteiger partial charge in [-0.25, -0.2) is 4.39 Å². The van der Waals surface area contributed by atoms with Gasteiger partial charge in [-0.2, -0.15) is 15.0 Å². The molecule has 2 rings (SSSR count). The average molecular weight is 348 g/mol. The fraction of sp³-hybridized carbons (Fsp3) is 0.182. The number of aromatic nitrogens is 3. The number of hydrogen-bond donors (Lipinski definition) is 1. The van der Waals surface area contributed by atoms with Gasteiger partial charge in [0.05, 0.1) is 11.1 Å². The van der Waals surface area contributed by atoms with E-state index in [0.717, 1.165) is 0 Å². The summed E-state index contributed by atoms with van der Waals surface area (Å²) in [4.78, 5) is 11.7. The van der Waals surface area contributed by atoms with Gasteiger partial charge in [0.2, 0.25) is 11.2 Å². The van der Waals surface area contributed by atoms with Gasteiger partial charge in [-0.1, -0.05) is 0 Å². The molecule has 0 aliphatic heterocycles. The van der Waals surface area contributed by atoms with Crippen LogP contribution in [0.3, 0.4) is 0 Å². The highest BCUT2D eigenvalue weighted by Crippen LogP contribution is 2.22. The molecule has 5 nitrogen and oxygen atoms in total. The second-order valence-electron chi connectivity index (χ2n) is 3.40. The lowest BCUT2D eigenvalue weighted by molar-refractivity contribution is 0.312. The van der Waals surface area contributed by atoms with Crippen LogP contribution in [0.4, 0.5) is 16.0 Å². The second kappa shape index (κ2) is 6.12. The fourth-order valence-electron chi connectivity index (χ4n) is 1.28. The van der Waals surface area contributed by atoms with E-state index in [2.05, 4.69) is 36.2 Å². The van der Waals surface area contributed by atoms with Gasteiger partial charge < -0.3 is 10.1 Å². The van der Waals surface area contributed by atoms with Crippen LogP contribution in [0.1, 0.15) is 6.92 Å². The molecule has 0 aliphatic carbocycles. The van der Waals surface area contributed by atoms with E-state index >= 15 is 0 Å². The molecular weight excluding hydrogens is 339 g/mol. The molecule has 0 atom stereocenters. The summed E-state index contributed by atoms with van der Waals surface area (Å²) in [6, 6.07) is 4.57. The molecular formula is C11H9BrClFN4O. The maximum absolute atomic E-state index is 13.1. The van der Waals surface area contributed by atoms with Crippen LogP contribution in [0.5, 0.6) is 6.01 Å². The number of nitrogens with zero attached hydrogens (tertiary/aromatic N) is 3. The summed E-state index contributed by atoms with van der Waals surface area (Å²) < 4.78 is 18.6. The van der Waals surface area contributed by atoms with Gasteiger partial charge in [-0.3, -0.25) is 0 Å². The van der Waals surface area contributed by atoms with Gasteiger partial charge >= 0.3 is 6.01 Å². The van der Waals surface area contributed by atoms with E-state index in [1.165, 1.54) is 6.07 Å². The maximum atomic E-state index is 13.1. The van der Waals surface area contributed by atoms with Crippen molar-refractivity contribution >= 4 is 39.2 Å². The van der Waals surface area contributed by atoms with Gasteiger partial charge in [-0.05, 0) is 52.7 Å². The molecule has 0 unspecified atom stereocenters. The van der Waals surface area contributed by atoms with Crippen LogP contribution in [0.2, 0.25) is 5.28 Å². The minimum atomic E-state index is -0.353. The first-order valence-electron chi connectivity index (χ1n) is 5.35. The summed E-state index contributed by atoms with van der Waals surface area (Å²) in [6.45, 7) is 2.23. The quantitative estimate of drug-likeness (QED) is 0.916. The molecule has 100 valence electrons. The van der Waals surface area contributed by atoms with Crippen molar-refractivity contribution in [3.05, 3.63) is 33.8 Å². The van der Waals surface area contributed by atoms with Crippen LogP contribution in [-0.4, -0.2) is 21.6 Å². The molecule has 1 aromatic heterocycles.